The summed E-state index contributed by atoms with van der Waals surface area (Å²) in [7, 11) is 4.03. The van der Waals surface area contributed by atoms with Gasteiger partial charge in [0.1, 0.15) is 0 Å². The SMILES string of the molecule is CNC(Cc1ccccc1Br)Cc1cc(C)nn1C. The van der Waals surface area contributed by atoms with E-state index in [1.807, 2.05) is 31.8 Å². The molecule has 0 bridgehead atoms. The van der Waals surface area contributed by atoms with E-state index in [1.165, 1.54) is 15.7 Å². The van der Waals surface area contributed by atoms with Crippen LogP contribution in [-0.2, 0) is 19.9 Å². The lowest BCUT2D eigenvalue weighted by molar-refractivity contribution is 0.533. The number of hydrogen-bond donors (Lipinski definition) is 1. The molecule has 1 aromatic heterocycles. The molecule has 4 heteroatoms. The Bertz CT molecular complexity index is 548. The number of rotatable bonds is 5. The van der Waals surface area contributed by atoms with E-state index in [1.54, 1.807) is 0 Å². The van der Waals surface area contributed by atoms with Gasteiger partial charge in [0.25, 0.3) is 0 Å². The number of benzene rings is 1. The molecule has 0 aliphatic heterocycles. The fourth-order valence-corrected chi connectivity index (χ4v) is 2.76. The first-order chi connectivity index (χ1) is 9.10. The van der Waals surface area contributed by atoms with Crippen molar-refractivity contribution in [2.75, 3.05) is 7.05 Å². The normalized spacial score (nSPS) is 12.6. The third-order valence-corrected chi connectivity index (χ3v) is 4.16. The highest BCUT2D eigenvalue weighted by atomic mass is 79.9. The maximum Gasteiger partial charge on any atom is 0.0596 e. The van der Waals surface area contributed by atoms with Crippen LogP contribution in [0, 0.1) is 6.92 Å². The van der Waals surface area contributed by atoms with Crippen molar-refractivity contribution in [1.29, 1.82) is 0 Å². The monoisotopic (exact) mass is 321 g/mol. The summed E-state index contributed by atoms with van der Waals surface area (Å²) in [6, 6.07) is 11.0. The number of nitrogens with zero attached hydrogens (tertiary/aromatic N) is 2. The third kappa shape index (κ3) is 3.67. The largest absolute Gasteiger partial charge is 0.316 e. The van der Waals surface area contributed by atoms with Gasteiger partial charge in [0.2, 0.25) is 0 Å². The Morgan fingerprint density at radius 3 is 2.63 bits per heavy atom. The molecule has 102 valence electrons. The van der Waals surface area contributed by atoms with E-state index < -0.39 is 0 Å². The number of likely N-dealkylation sites (N-methyl/N-ethyl adjacent to an activating group) is 1. The maximum atomic E-state index is 4.40. The van der Waals surface area contributed by atoms with Gasteiger partial charge in [-0.05, 0) is 38.1 Å². The topological polar surface area (TPSA) is 29.9 Å². The molecule has 3 nitrogen and oxygen atoms in total. The summed E-state index contributed by atoms with van der Waals surface area (Å²) in [6.07, 6.45) is 1.98. The van der Waals surface area contributed by atoms with Gasteiger partial charge in [-0.25, -0.2) is 0 Å². The van der Waals surface area contributed by atoms with Crippen molar-refractivity contribution in [3.8, 4) is 0 Å². The molecule has 0 fully saturated rings. The number of aryl methyl sites for hydroxylation is 2. The van der Waals surface area contributed by atoms with Crippen LogP contribution in [0.25, 0.3) is 0 Å². The van der Waals surface area contributed by atoms with E-state index in [0.717, 1.165) is 18.5 Å². The minimum atomic E-state index is 0.411. The summed E-state index contributed by atoms with van der Waals surface area (Å²) in [6.45, 7) is 2.03. The predicted molar refractivity (Wildman–Crippen MR) is 82.3 cm³/mol. The van der Waals surface area contributed by atoms with Gasteiger partial charge in [-0.2, -0.15) is 5.10 Å². The molecule has 2 rings (SSSR count). The molecule has 0 saturated carbocycles. The van der Waals surface area contributed by atoms with E-state index in [4.69, 9.17) is 0 Å². The van der Waals surface area contributed by atoms with Gasteiger partial charge in [-0.15, -0.1) is 0 Å². The van der Waals surface area contributed by atoms with Crippen LogP contribution < -0.4 is 5.32 Å². The third-order valence-electron chi connectivity index (χ3n) is 3.39. The second-order valence-corrected chi connectivity index (χ2v) is 5.74. The van der Waals surface area contributed by atoms with Gasteiger partial charge < -0.3 is 5.32 Å². The fourth-order valence-electron chi connectivity index (χ4n) is 2.31. The molecule has 0 radical (unpaired) electrons. The molecule has 0 saturated heterocycles. The van der Waals surface area contributed by atoms with Crippen molar-refractivity contribution >= 4 is 15.9 Å². The van der Waals surface area contributed by atoms with Crippen LogP contribution in [0.5, 0.6) is 0 Å². The smallest absolute Gasteiger partial charge is 0.0596 e. The van der Waals surface area contributed by atoms with Gasteiger partial charge in [0.05, 0.1) is 5.69 Å². The number of aromatic nitrogens is 2. The molecule has 0 spiro atoms. The van der Waals surface area contributed by atoms with Gasteiger partial charge in [-0.3, -0.25) is 4.68 Å². The van der Waals surface area contributed by atoms with Crippen LogP contribution in [0.2, 0.25) is 0 Å². The Balaban J connectivity index is 2.09. The zero-order chi connectivity index (χ0) is 13.8. The number of hydrogen-bond acceptors (Lipinski definition) is 2. The average molecular weight is 322 g/mol. The first kappa shape index (κ1) is 14.3. The minimum absolute atomic E-state index is 0.411. The van der Waals surface area contributed by atoms with Gasteiger partial charge in [-0.1, -0.05) is 34.1 Å². The van der Waals surface area contributed by atoms with E-state index in [0.29, 0.717) is 6.04 Å². The zero-order valence-electron chi connectivity index (χ0n) is 11.7. The Hall–Kier alpha value is -1.13. The van der Waals surface area contributed by atoms with Crippen LogP contribution >= 0.6 is 15.9 Å². The Labute approximate surface area is 123 Å². The summed E-state index contributed by atoms with van der Waals surface area (Å²) in [5.74, 6) is 0. The summed E-state index contributed by atoms with van der Waals surface area (Å²) in [5, 5.41) is 7.80. The molecule has 1 atom stereocenters. The van der Waals surface area contributed by atoms with Crippen LogP contribution in [0.1, 0.15) is 17.0 Å². The van der Waals surface area contributed by atoms with Crippen LogP contribution in [0.4, 0.5) is 0 Å². The highest BCUT2D eigenvalue weighted by Crippen LogP contribution is 2.18. The molecule has 2 aromatic rings. The Morgan fingerprint density at radius 1 is 1.32 bits per heavy atom. The Kier molecular flexibility index (Phi) is 4.77. The van der Waals surface area contributed by atoms with Crippen molar-refractivity contribution in [3.63, 3.8) is 0 Å². The van der Waals surface area contributed by atoms with Crippen LogP contribution in [0.3, 0.4) is 0 Å². The van der Waals surface area contributed by atoms with Crippen molar-refractivity contribution in [1.82, 2.24) is 15.1 Å². The van der Waals surface area contributed by atoms with Crippen molar-refractivity contribution < 1.29 is 0 Å². The zero-order valence-corrected chi connectivity index (χ0v) is 13.2. The number of nitrogens with one attached hydrogen (secondary N) is 1. The van der Waals surface area contributed by atoms with Crippen molar-refractivity contribution in [2.45, 2.75) is 25.8 Å². The molecule has 1 aromatic carbocycles. The van der Waals surface area contributed by atoms with E-state index in [9.17, 15) is 0 Å². The standard InChI is InChI=1S/C15H20BrN3/c1-11-8-14(19(3)18-11)10-13(17-2)9-12-6-4-5-7-15(12)16/h4-8,13,17H,9-10H2,1-3H3. The molecular formula is C15H20BrN3. The average Bonchev–Trinajstić information content (AvgIpc) is 2.69. The first-order valence-corrected chi connectivity index (χ1v) is 7.29. The molecule has 1 heterocycles. The van der Waals surface area contributed by atoms with Gasteiger partial charge in [0.15, 0.2) is 0 Å². The summed E-state index contributed by atoms with van der Waals surface area (Å²) < 4.78 is 3.15. The summed E-state index contributed by atoms with van der Waals surface area (Å²) in [5.41, 5.74) is 3.68. The highest BCUT2D eigenvalue weighted by molar-refractivity contribution is 9.10. The van der Waals surface area contributed by atoms with Crippen molar-refractivity contribution in [2.24, 2.45) is 7.05 Å². The fraction of sp³-hybridized carbons (Fsp3) is 0.400. The summed E-state index contributed by atoms with van der Waals surface area (Å²) >= 11 is 3.61. The first-order valence-electron chi connectivity index (χ1n) is 6.50. The second-order valence-electron chi connectivity index (χ2n) is 4.89. The maximum absolute atomic E-state index is 4.40. The predicted octanol–water partition coefficient (Wildman–Crippen LogP) is 2.86. The second kappa shape index (κ2) is 6.35. The summed E-state index contributed by atoms with van der Waals surface area (Å²) in [4.78, 5) is 0. The lowest BCUT2D eigenvalue weighted by Crippen LogP contribution is -2.30. The van der Waals surface area contributed by atoms with Crippen LogP contribution in [-0.4, -0.2) is 22.9 Å². The number of halogens is 1. The molecule has 19 heavy (non-hydrogen) atoms. The molecule has 0 aliphatic rings. The molecule has 0 amide bonds. The van der Waals surface area contributed by atoms with E-state index >= 15 is 0 Å². The molecular weight excluding hydrogens is 302 g/mol. The Morgan fingerprint density at radius 2 is 2.05 bits per heavy atom. The van der Waals surface area contributed by atoms with Gasteiger partial charge in [0, 0.05) is 29.7 Å². The highest BCUT2D eigenvalue weighted by Gasteiger charge is 2.13. The molecule has 1 N–H and O–H groups in total. The van der Waals surface area contributed by atoms with Crippen LogP contribution in [0.15, 0.2) is 34.8 Å². The lowest BCUT2D eigenvalue weighted by atomic mass is 10.0. The van der Waals surface area contributed by atoms with E-state index in [2.05, 4.69) is 50.6 Å². The lowest BCUT2D eigenvalue weighted by Gasteiger charge is -2.17. The van der Waals surface area contributed by atoms with Gasteiger partial charge >= 0.3 is 0 Å². The quantitative estimate of drug-likeness (QED) is 0.917. The molecule has 1 unspecified atom stereocenters. The van der Waals surface area contributed by atoms with Crippen molar-refractivity contribution in [3.05, 3.63) is 51.8 Å². The molecule has 0 aliphatic carbocycles. The van der Waals surface area contributed by atoms with E-state index in [-0.39, 0.29) is 0 Å². The minimum Gasteiger partial charge on any atom is -0.316 e.